The average molecular weight is 253 g/mol. The Hall–Kier alpha value is -1.39. The minimum atomic E-state index is -1.22. The molecule has 2 fully saturated rings. The molecule has 1 unspecified atom stereocenters. The Morgan fingerprint density at radius 3 is 2.50 bits per heavy atom. The van der Waals surface area contributed by atoms with Crippen LogP contribution in [0.2, 0.25) is 0 Å². The molecule has 100 valence electrons. The summed E-state index contributed by atoms with van der Waals surface area (Å²) >= 11 is 0. The van der Waals surface area contributed by atoms with Crippen molar-refractivity contribution in [1.82, 2.24) is 4.90 Å². The van der Waals surface area contributed by atoms with Gasteiger partial charge in [0.15, 0.2) is 11.7 Å². The lowest BCUT2D eigenvalue weighted by Gasteiger charge is -2.38. The second kappa shape index (κ2) is 5.50. The maximum absolute atomic E-state index is 12.2. The third-order valence-electron chi connectivity index (χ3n) is 3.90. The number of amides is 1. The van der Waals surface area contributed by atoms with Gasteiger partial charge in [-0.05, 0) is 12.8 Å². The average Bonchev–Trinajstić information content (AvgIpc) is 2.39. The van der Waals surface area contributed by atoms with Crippen LogP contribution >= 0.6 is 0 Å². The van der Waals surface area contributed by atoms with E-state index in [1.54, 1.807) is 4.90 Å². The minimum absolute atomic E-state index is 0.200. The van der Waals surface area contributed by atoms with Crippen LogP contribution < -0.4 is 0 Å². The van der Waals surface area contributed by atoms with Gasteiger partial charge in [0.2, 0.25) is 5.91 Å². The van der Waals surface area contributed by atoms with Crippen molar-refractivity contribution in [3.05, 3.63) is 0 Å². The van der Waals surface area contributed by atoms with Crippen molar-refractivity contribution in [3.8, 4) is 0 Å². The molecule has 0 spiro atoms. The minimum Gasteiger partial charge on any atom is -0.468 e. The summed E-state index contributed by atoms with van der Waals surface area (Å²) in [5, 5.41) is 0. The van der Waals surface area contributed by atoms with Crippen LogP contribution in [-0.2, 0) is 19.1 Å². The lowest BCUT2D eigenvalue weighted by molar-refractivity contribution is -0.161. The van der Waals surface area contributed by atoms with E-state index in [1.165, 1.54) is 13.5 Å². The van der Waals surface area contributed by atoms with Crippen molar-refractivity contribution in [2.45, 2.75) is 44.6 Å². The van der Waals surface area contributed by atoms with E-state index in [4.69, 9.17) is 0 Å². The molecule has 0 bridgehead atoms. The van der Waals surface area contributed by atoms with E-state index in [9.17, 15) is 14.4 Å². The first kappa shape index (κ1) is 13.1. The summed E-state index contributed by atoms with van der Waals surface area (Å²) in [6.45, 7) is 0.454. The molecule has 5 nitrogen and oxygen atoms in total. The predicted octanol–water partition coefficient (Wildman–Crippen LogP) is 0.910. The highest BCUT2D eigenvalue weighted by Gasteiger charge is 2.43. The number of nitrogens with zero attached hydrogens (tertiary/aromatic N) is 1. The summed E-state index contributed by atoms with van der Waals surface area (Å²) in [5.41, 5.74) is 0. The van der Waals surface area contributed by atoms with Gasteiger partial charge in [0.05, 0.1) is 7.11 Å². The Kier molecular flexibility index (Phi) is 3.99. The molecule has 1 aliphatic carbocycles. The fourth-order valence-electron chi connectivity index (χ4n) is 2.89. The zero-order chi connectivity index (χ0) is 13.1. The smallest absolute Gasteiger partial charge is 0.325 e. The van der Waals surface area contributed by atoms with Crippen molar-refractivity contribution in [2.75, 3.05) is 13.7 Å². The zero-order valence-electron chi connectivity index (χ0n) is 10.7. The number of carbonyl (C=O) groups is 3. The summed E-state index contributed by atoms with van der Waals surface area (Å²) in [5.74, 6) is -2.60. The van der Waals surface area contributed by atoms with E-state index >= 15 is 0 Å². The molecular formula is C13H19NO4. The largest absolute Gasteiger partial charge is 0.468 e. The number of piperidine rings is 1. The summed E-state index contributed by atoms with van der Waals surface area (Å²) in [6, 6.07) is 0.200. The molecule has 1 atom stereocenters. The molecule has 1 saturated carbocycles. The Morgan fingerprint density at radius 2 is 1.89 bits per heavy atom. The van der Waals surface area contributed by atoms with Crippen LogP contribution in [0.1, 0.15) is 38.5 Å². The zero-order valence-corrected chi connectivity index (χ0v) is 10.7. The Labute approximate surface area is 106 Å². The first-order chi connectivity index (χ1) is 8.65. The lowest BCUT2D eigenvalue weighted by Crippen LogP contribution is -2.53. The molecule has 5 heteroatoms. The van der Waals surface area contributed by atoms with Crippen LogP contribution in [0.4, 0.5) is 0 Å². The second-order valence-corrected chi connectivity index (χ2v) is 5.00. The maximum Gasteiger partial charge on any atom is 0.325 e. The predicted molar refractivity (Wildman–Crippen MR) is 63.7 cm³/mol. The van der Waals surface area contributed by atoms with E-state index in [2.05, 4.69) is 4.74 Å². The lowest BCUT2D eigenvalue weighted by atomic mass is 9.89. The SMILES string of the molecule is COC(=O)C1C(=O)CCN(C2CCCCC2)C1=O. The van der Waals surface area contributed by atoms with E-state index < -0.39 is 11.9 Å². The van der Waals surface area contributed by atoms with Crippen LogP contribution in [0.5, 0.6) is 0 Å². The molecule has 1 aliphatic heterocycles. The summed E-state index contributed by atoms with van der Waals surface area (Å²) < 4.78 is 4.56. The fraction of sp³-hybridized carbons (Fsp3) is 0.769. The molecule has 0 aromatic rings. The maximum atomic E-state index is 12.2. The summed E-state index contributed by atoms with van der Waals surface area (Å²) in [7, 11) is 1.21. The van der Waals surface area contributed by atoms with E-state index in [1.807, 2.05) is 0 Å². The van der Waals surface area contributed by atoms with Gasteiger partial charge in [-0.25, -0.2) is 0 Å². The Bertz CT molecular complexity index is 352. The molecule has 18 heavy (non-hydrogen) atoms. The normalized spacial score (nSPS) is 26.3. The fourth-order valence-corrected chi connectivity index (χ4v) is 2.89. The standard InChI is InChI=1S/C13H19NO4/c1-18-13(17)11-10(15)7-8-14(12(11)16)9-5-3-2-4-6-9/h9,11H,2-8H2,1H3. The van der Waals surface area contributed by atoms with Crippen molar-refractivity contribution >= 4 is 17.7 Å². The number of likely N-dealkylation sites (tertiary alicyclic amines) is 1. The van der Waals surface area contributed by atoms with Crippen LogP contribution in [0, 0.1) is 5.92 Å². The number of methoxy groups -OCH3 is 1. The number of hydrogen-bond donors (Lipinski definition) is 0. The van der Waals surface area contributed by atoms with Crippen LogP contribution in [0.15, 0.2) is 0 Å². The summed E-state index contributed by atoms with van der Waals surface area (Å²) in [6.07, 6.45) is 5.66. The van der Waals surface area contributed by atoms with Gasteiger partial charge in [-0.1, -0.05) is 19.3 Å². The molecule has 1 heterocycles. The van der Waals surface area contributed by atoms with Gasteiger partial charge < -0.3 is 9.64 Å². The van der Waals surface area contributed by atoms with Crippen molar-refractivity contribution < 1.29 is 19.1 Å². The monoisotopic (exact) mass is 253 g/mol. The number of Topliss-reactive ketones (excluding diaryl/α,β-unsaturated/α-hetero) is 1. The van der Waals surface area contributed by atoms with Gasteiger partial charge in [-0.3, -0.25) is 14.4 Å². The van der Waals surface area contributed by atoms with Gasteiger partial charge in [0.25, 0.3) is 0 Å². The highest BCUT2D eigenvalue weighted by Crippen LogP contribution is 2.27. The van der Waals surface area contributed by atoms with Gasteiger partial charge in [-0.15, -0.1) is 0 Å². The highest BCUT2D eigenvalue weighted by molar-refractivity contribution is 6.17. The topological polar surface area (TPSA) is 63.7 Å². The second-order valence-electron chi connectivity index (χ2n) is 5.00. The van der Waals surface area contributed by atoms with E-state index in [-0.39, 0.29) is 24.2 Å². The van der Waals surface area contributed by atoms with Gasteiger partial charge in [0.1, 0.15) is 0 Å². The molecule has 0 radical (unpaired) electrons. The van der Waals surface area contributed by atoms with Crippen LogP contribution in [0.3, 0.4) is 0 Å². The number of carbonyl (C=O) groups excluding carboxylic acids is 3. The van der Waals surface area contributed by atoms with Crippen molar-refractivity contribution in [1.29, 1.82) is 0 Å². The number of hydrogen-bond acceptors (Lipinski definition) is 4. The van der Waals surface area contributed by atoms with E-state index in [0.717, 1.165) is 25.7 Å². The quantitative estimate of drug-likeness (QED) is 0.542. The van der Waals surface area contributed by atoms with Crippen LogP contribution in [-0.4, -0.2) is 42.3 Å². The molecular weight excluding hydrogens is 234 g/mol. The first-order valence-electron chi connectivity index (χ1n) is 6.56. The van der Waals surface area contributed by atoms with Gasteiger partial charge >= 0.3 is 5.97 Å². The highest BCUT2D eigenvalue weighted by atomic mass is 16.5. The first-order valence-corrected chi connectivity index (χ1v) is 6.56. The van der Waals surface area contributed by atoms with Gasteiger partial charge in [-0.2, -0.15) is 0 Å². The Morgan fingerprint density at radius 1 is 1.22 bits per heavy atom. The number of ketones is 1. The molecule has 0 aromatic carbocycles. The molecule has 2 aliphatic rings. The number of ether oxygens (including phenoxy) is 1. The third kappa shape index (κ3) is 2.40. The molecule has 1 saturated heterocycles. The van der Waals surface area contributed by atoms with Crippen molar-refractivity contribution in [3.63, 3.8) is 0 Å². The van der Waals surface area contributed by atoms with Crippen molar-refractivity contribution in [2.24, 2.45) is 5.92 Å². The molecule has 0 N–H and O–H groups in total. The summed E-state index contributed by atoms with van der Waals surface area (Å²) in [4.78, 5) is 37.2. The molecule has 2 rings (SSSR count). The molecule has 1 amide bonds. The number of esters is 1. The molecule has 0 aromatic heterocycles. The van der Waals surface area contributed by atoms with E-state index in [0.29, 0.717) is 6.54 Å². The Balaban J connectivity index is 2.11. The van der Waals surface area contributed by atoms with Gasteiger partial charge in [0, 0.05) is 19.0 Å². The third-order valence-corrected chi connectivity index (χ3v) is 3.90. The number of rotatable bonds is 2. The van der Waals surface area contributed by atoms with Crippen LogP contribution in [0.25, 0.3) is 0 Å².